The van der Waals surface area contributed by atoms with E-state index in [-0.39, 0.29) is 6.04 Å². The van der Waals surface area contributed by atoms with Crippen LogP contribution in [-0.2, 0) is 4.74 Å². The van der Waals surface area contributed by atoms with Crippen LogP contribution in [0.5, 0.6) is 0 Å². The fourth-order valence-corrected chi connectivity index (χ4v) is 1.64. The van der Waals surface area contributed by atoms with Crippen molar-refractivity contribution in [3.05, 3.63) is 16.0 Å². The highest BCUT2D eigenvalue weighted by Gasteiger charge is 2.08. The number of hydrogen-bond acceptors (Lipinski definition) is 4. The number of ether oxygens (including phenoxy) is 1. The molecule has 4 nitrogen and oxygen atoms in total. The molecule has 0 aliphatic rings. The Bertz CT molecular complexity index is 277. The van der Waals surface area contributed by atoms with Gasteiger partial charge in [0.2, 0.25) is 5.95 Å². The molecule has 1 unspecified atom stereocenters. The minimum Gasteiger partial charge on any atom is -0.383 e. The van der Waals surface area contributed by atoms with Gasteiger partial charge in [-0.2, -0.15) is 0 Å². The Morgan fingerprint density at radius 3 is 2.73 bits per heavy atom. The second-order valence-electron chi connectivity index (χ2n) is 3.00. The lowest BCUT2D eigenvalue weighted by atomic mass is 10.2. The predicted octanol–water partition coefficient (Wildman–Crippen LogP) is 2.14. The summed E-state index contributed by atoms with van der Waals surface area (Å²) in [6.45, 7) is 0.599. The van der Waals surface area contributed by atoms with Gasteiger partial charge in [-0.05, 0) is 29.0 Å². The molecule has 0 fully saturated rings. The molecule has 1 atom stereocenters. The second kappa shape index (κ2) is 7.19. The Kier molecular flexibility index (Phi) is 6.19. The summed E-state index contributed by atoms with van der Waals surface area (Å²) >= 11 is 7.85. The van der Waals surface area contributed by atoms with Crippen LogP contribution in [0.1, 0.15) is 6.42 Å². The summed E-state index contributed by atoms with van der Waals surface area (Å²) in [5.74, 6) is 1.20. The molecule has 0 aromatic carbocycles. The molecule has 0 radical (unpaired) electrons. The lowest BCUT2D eigenvalue weighted by Gasteiger charge is -2.16. The van der Waals surface area contributed by atoms with Gasteiger partial charge in [0.25, 0.3) is 0 Å². The maximum atomic E-state index is 5.69. The van der Waals surface area contributed by atoms with Gasteiger partial charge < -0.3 is 10.1 Å². The van der Waals surface area contributed by atoms with Crippen molar-refractivity contribution in [1.82, 2.24) is 9.97 Å². The highest BCUT2D eigenvalue weighted by atomic mass is 127. The van der Waals surface area contributed by atoms with Crippen LogP contribution in [0, 0.1) is 3.57 Å². The van der Waals surface area contributed by atoms with Crippen molar-refractivity contribution in [3.63, 3.8) is 0 Å². The van der Waals surface area contributed by atoms with Crippen molar-refractivity contribution in [2.24, 2.45) is 0 Å². The van der Waals surface area contributed by atoms with Gasteiger partial charge in [0.1, 0.15) is 0 Å². The van der Waals surface area contributed by atoms with E-state index in [0.29, 0.717) is 18.4 Å². The third-order valence-corrected chi connectivity index (χ3v) is 2.55. The lowest BCUT2D eigenvalue weighted by molar-refractivity contribution is 0.184. The third kappa shape index (κ3) is 4.94. The molecule has 1 aromatic rings. The van der Waals surface area contributed by atoms with E-state index in [0.717, 1.165) is 9.99 Å². The molecule has 0 aliphatic heterocycles. The quantitative estimate of drug-likeness (QED) is 0.636. The molecule has 0 bridgehead atoms. The number of alkyl halides is 1. The maximum absolute atomic E-state index is 5.69. The van der Waals surface area contributed by atoms with E-state index in [1.54, 1.807) is 19.5 Å². The van der Waals surface area contributed by atoms with Gasteiger partial charge >= 0.3 is 0 Å². The summed E-state index contributed by atoms with van der Waals surface area (Å²) in [7, 11) is 1.66. The first kappa shape index (κ1) is 12.9. The molecular weight excluding hydrogens is 328 g/mol. The fraction of sp³-hybridized carbons (Fsp3) is 0.556. The summed E-state index contributed by atoms with van der Waals surface area (Å²) in [6, 6.07) is 0.160. The monoisotopic (exact) mass is 341 g/mol. The van der Waals surface area contributed by atoms with Gasteiger partial charge in [0, 0.05) is 29.0 Å². The minimum atomic E-state index is 0.160. The Hall–Kier alpha value is -0.140. The van der Waals surface area contributed by atoms with Gasteiger partial charge in [0.15, 0.2) is 0 Å². The number of rotatable bonds is 6. The van der Waals surface area contributed by atoms with Crippen molar-refractivity contribution in [2.75, 3.05) is 24.9 Å². The molecule has 1 N–H and O–H groups in total. The van der Waals surface area contributed by atoms with Crippen LogP contribution in [0.15, 0.2) is 12.4 Å². The first-order chi connectivity index (χ1) is 7.26. The topological polar surface area (TPSA) is 47.0 Å². The molecule has 6 heteroatoms. The second-order valence-corrected chi connectivity index (χ2v) is 4.62. The Labute approximate surface area is 108 Å². The van der Waals surface area contributed by atoms with Crippen LogP contribution in [0.2, 0.25) is 0 Å². The largest absolute Gasteiger partial charge is 0.383 e. The normalized spacial score (nSPS) is 12.5. The van der Waals surface area contributed by atoms with Crippen molar-refractivity contribution in [1.29, 1.82) is 0 Å². The van der Waals surface area contributed by atoms with E-state index >= 15 is 0 Å². The molecule has 0 saturated heterocycles. The van der Waals surface area contributed by atoms with E-state index in [1.807, 2.05) is 0 Å². The fourth-order valence-electron chi connectivity index (χ4n) is 1.10. The van der Waals surface area contributed by atoms with Gasteiger partial charge in [-0.15, -0.1) is 11.6 Å². The molecule has 0 spiro atoms. The van der Waals surface area contributed by atoms with Gasteiger partial charge in [-0.3, -0.25) is 0 Å². The number of nitrogens with one attached hydrogen (secondary N) is 1. The summed E-state index contributed by atoms with van der Waals surface area (Å²) in [4.78, 5) is 8.31. The van der Waals surface area contributed by atoms with Crippen molar-refractivity contribution < 1.29 is 4.74 Å². The predicted molar refractivity (Wildman–Crippen MR) is 69.4 cm³/mol. The lowest BCUT2D eigenvalue weighted by Crippen LogP contribution is -2.26. The minimum absolute atomic E-state index is 0.160. The van der Waals surface area contributed by atoms with Gasteiger partial charge in [-0.25, -0.2) is 9.97 Å². The molecule has 1 aromatic heterocycles. The molecule has 1 rings (SSSR count). The Balaban J connectivity index is 2.53. The zero-order valence-electron chi connectivity index (χ0n) is 8.41. The number of methoxy groups -OCH3 is 1. The average molecular weight is 342 g/mol. The third-order valence-electron chi connectivity index (χ3n) is 1.78. The van der Waals surface area contributed by atoms with Gasteiger partial charge in [0.05, 0.1) is 12.6 Å². The van der Waals surface area contributed by atoms with Crippen LogP contribution in [0.3, 0.4) is 0 Å². The molecule has 0 amide bonds. The standard InChI is InChI=1S/C9H13ClIN3O/c1-15-6-8(2-3-10)14-9-12-4-7(11)5-13-9/h4-5,8H,2-3,6H2,1H3,(H,12,13,14). The Morgan fingerprint density at radius 1 is 1.53 bits per heavy atom. The van der Waals surface area contributed by atoms with E-state index in [9.17, 15) is 0 Å². The first-order valence-corrected chi connectivity index (χ1v) is 6.16. The van der Waals surface area contributed by atoms with Crippen LogP contribution in [-0.4, -0.2) is 35.6 Å². The van der Waals surface area contributed by atoms with E-state index in [2.05, 4.69) is 37.9 Å². The number of anilines is 1. The molecule has 0 aliphatic carbocycles. The van der Waals surface area contributed by atoms with Crippen molar-refractivity contribution in [3.8, 4) is 0 Å². The van der Waals surface area contributed by atoms with E-state index in [1.165, 1.54) is 0 Å². The number of hydrogen-bond donors (Lipinski definition) is 1. The number of aromatic nitrogens is 2. The molecule has 15 heavy (non-hydrogen) atoms. The summed E-state index contributed by atoms with van der Waals surface area (Å²) in [6.07, 6.45) is 4.35. The Morgan fingerprint density at radius 2 is 2.20 bits per heavy atom. The van der Waals surface area contributed by atoms with Crippen LogP contribution in [0.25, 0.3) is 0 Å². The van der Waals surface area contributed by atoms with Crippen LogP contribution in [0.4, 0.5) is 5.95 Å². The summed E-state index contributed by atoms with van der Waals surface area (Å²) in [5.41, 5.74) is 0. The zero-order valence-corrected chi connectivity index (χ0v) is 11.3. The molecule has 1 heterocycles. The van der Waals surface area contributed by atoms with E-state index < -0.39 is 0 Å². The smallest absolute Gasteiger partial charge is 0.222 e. The molecular formula is C9H13ClIN3O. The van der Waals surface area contributed by atoms with Crippen molar-refractivity contribution >= 4 is 40.1 Å². The van der Waals surface area contributed by atoms with E-state index in [4.69, 9.17) is 16.3 Å². The molecule has 84 valence electrons. The van der Waals surface area contributed by atoms with Crippen molar-refractivity contribution in [2.45, 2.75) is 12.5 Å². The summed E-state index contributed by atoms with van der Waals surface area (Å²) < 4.78 is 6.09. The summed E-state index contributed by atoms with van der Waals surface area (Å²) in [5, 5.41) is 3.17. The number of halogens is 2. The van der Waals surface area contributed by atoms with Gasteiger partial charge in [-0.1, -0.05) is 0 Å². The zero-order chi connectivity index (χ0) is 11.1. The van der Waals surface area contributed by atoms with Crippen LogP contribution < -0.4 is 5.32 Å². The highest BCUT2D eigenvalue weighted by molar-refractivity contribution is 14.1. The maximum Gasteiger partial charge on any atom is 0.222 e. The SMILES string of the molecule is COCC(CCCl)Nc1ncc(I)cn1. The van der Waals surface area contributed by atoms with Crippen LogP contribution >= 0.6 is 34.2 Å². The average Bonchev–Trinajstić information content (AvgIpc) is 2.22. The first-order valence-electron chi connectivity index (χ1n) is 4.55. The number of nitrogens with zero attached hydrogens (tertiary/aromatic N) is 2. The molecule has 0 saturated carbocycles. The highest BCUT2D eigenvalue weighted by Crippen LogP contribution is 2.06.